The van der Waals surface area contributed by atoms with Crippen LogP contribution in [-0.4, -0.2) is 33.1 Å². The molecule has 120 valence electrons. The molecule has 1 amide bonds. The minimum atomic E-state index is -0.346. The first-order valence-electron chi connectivity index (χ1n) is 7.14. The molecule has 1 aromatic heterocycles. The Bertz CT molecular complexity index is 702. The van der Waals surface area contributed by atoms with Crippen LogP contribution in [0.2, 0.25) is 0 Å². The highest BCUT2D eigenvalue weighted by atomic mass is 32.2. The number of aliphatic hydroxyl groups excluding tert-OH is 1. The number of amides is 1. The van der Waals surface area contributed by atoms with Crippen molar-refractivity contribution in [3.63, 3.8) is 0 Å². The van der Waals surface area contributed by atoms with E-state index in [1.54, 1.807) is 0 Å². The number of carbonyl (C=O) groups excluding carboxylic acids is 1. The number of hydrogen-bond acceptors (Lipinski definition) is 7. The smallest absolute Gasteiger partial charge is 0.253 e. The molecule has 0 spiro atoms. The molecule has 0 fully saturated rings. The third-order valence-corrected chi connectivity index (χ3v) is 4.38. The highest BCUT2D eigenvalue weighted by Gasteiger charge is 2.24. The molecule has 3 N–H and O–H groups in total. The maximum Gasteiger partial charge on any atom is 0.253 e. The van der Waals surface area contributed by atoms with Crippen LogP contribution >= 0.6 is 11.8 Å². The summed E-state index contributed by atoms with van der Waals surface area (Å²) in [5.41, 5.74) is 1.09. The van der Waals surface area contributed by atoms with Gasteiger partial charge in [0.05, 0.1) is 0 Å². The van der Waals surface area contributed by atoms with E-state index in [4.69, 9.17) is 9.52 Å². The summed E-state index contributed by atoms with van der Waals surface area (Å²) in [5.74, 6) is 0.472. The first-order chi connectivity index (χ1) is 11.3. The molecule has 2 heterocycles. The zero-order valence-corrected chi connectivity index (χ0v) is 13.0. The average Bonchev–Trinajstić information content (AvgIpc) is 3.25. The van der Waals surface area contributed by atoms with Gasteiger partial charge in [0, 0.05) is 24.1 Å². The SMILES string of the molecule is O=C(NCCc1nnc(CO)o1)C1NC=C(c2ccccc2)S1. The molecule has 1 aliphatic heterocycles. The summed E-state index contributed by atoms with van der Waals surface area (Å²) in [5, 5.41) is 21.8. The van der Waals surface area contributed by atoms with E-state index >= 15 is 0 Å². The molecule has 0 bridgehead atoms. The summed E-state index contributed by atoms with van der Waals surface area (Å²) >= 11 is 1.48. The number of carbonyl (C=O) groups is 1. The lowest BCUT2D eigenvalue weighted by Crippen LogP contribution is -2.38. The molecule has 1 unspecified atom stereocenters. The molecule has 23 heavy (non-hydrogen) atoms. The first-order valence-corrected chi connectivity index (χ1v) is 8.02. The van der Waals surface area contributed by atoms with E-state index in [9.17, 15) is 4.79 Å². The standard InChI is InChI=1S/C15H16N4O3S/c20-9-13-19-18-12(22-13)6-7-16-14(21)15-17-8-11(23-15)10-4-2-1-3-5-10/h1-5,8,15,17,20H,6-7,9H2,(H,16,21). The predicted octanol–water partition coefficient (Wildman–Crippen LogP) is 0.882. The second-order valence-electron chi connectivity index (χ2n) is 4.83. The van der Waals surface area contributed by atoms with Crippen LogP contribution in [0.4, 0.5) is 0 Å². The zero-order chi connectivity index (χ0) is 16.1. The van der Waals surface area contributed by atoms with Gasteiger partial charge in [0.15, 0.2) is 5.37 Å². The molecule has 3 rings (SSSR count). The summed E-state index contributed by atoms with van der Waals surface area (Å²) in [6, 6.07) is 9.91. The Labute approximate surface area is 137 Å². The Morgan fingerprint density at radius 1 is 1.30 bits per heavy atom. The van der Waals surface area contributed by atoms with E-state index in [0.29, 0.717) is 18.9 Å². The van der Waals surface area contributed by atoms with Crippen LogP contribution in [0, 0.1) is 0 Å². The molecule has 2 aromatic rings. The van der Waals surface area contributed by atoms with Crippen LogP contribution in [0.3, 0.4) is 0 Å². The minimum absolute atomic E-state index is 0.0981. The number of rotatable bonds is 6. The molecule has 0 saturated heterocycles. The number of nitrogens with one attached hydrogen (secondary N) is 2. The Morgan fingerprint density at radius 3 is 2.83 bits per heavy atom. The maximum absolute atomic E-state index is 12.1. The highest BCUT2D eigenvalue weighted by Crippen LogP contribution is 2.33. The normalized spacial score (nSPS) is 16.7. The van der Waals surface area contributed by atoms with Gasteiger partial charge in [-0.15, -0.1) is 10.2 Å². The maximum atomic E-state index is 12.1. The summed E-state index contributed by atoms with van der Waals surface area (Å²) in [7, 11) is 0. The molecular weight excluding hydrogens is 316 g/mol. The fraction of sp³-hybridized carbons (Fsp3) is 0.267. The van der Waals surface area contributed by atoms with Crippen molar-refractivity contribution in [2.75, 3.05) is 6.54 Å². The van der Waals surface area contributed by atoms with Gasteiger partial charge in [0.1, 0.15) is 6.61 Å². The summed E-state index contributed by atoms with van der Waals surface area (Å²) in [6.45, 7) is 0.112. The Hall–Kier alpha value is -2.32. The molecule has 1 aliphatic rings. The van der Waals surface area contributed by atoms with Crippen LogP contribution in [0.25, 0.3) is 4.91 Å². The van der Waals surface area contributed by atoms with E-state index in [1.807, 2.05) is 36.5 Å². The molecular formula is C15H16N4O3S. The van der Waals surface area contributed by atoms with Crippen LogP contribution < -0.4 is 10.6 Å². The van der Waals surface area contributed by atoms with Crippen molar-refractivity contribution >= 4 is 22.6 Å². The molecule has 7 nitrogen and oxygen atoms in total. The molecule has 0 radical (unpaired) electrons. The Balaban J connectivity index is 1.45. The van der Waals surface area contributed by atoms with Crippen LogP contribution in [0.1, 0.15) is 17.3 Å². The molecule has 1 aromatic carbocycles. The number of aromatic nitrogens is 2. The number of benzene rings is 1. The largest absolute Gasteiger partial charge is 0.423 e. The van der Waals surface area contributed by atoms with Gasteiger partial charge in [-0.1, -0.05) is 42.1 Å². The summed E-state index contributed by atoms with van der Waals surface area (Å²) in [4.78, 5) is 13.2. The average molecular weight is 332 g/mol. The molecule has 8 heteroatoms. The van der Waals surface area contributed by atoms with Gasteiger partial charge in [-0.25, -0.2) is 0 Å². The molecule has 0 saturated carbocycles. The van der Waals surface area contributed by atoms with Gasteiger partial charge < -0.3 is 20.2 Å². The minimum Gasteiger partial charge on any atom is -0.423 e. The van der Waals surface area contributed by atoms with E-state index < -0.39 is 0 Å². The van der Waals surface area contributed by atoms with Crippen molar-refractivity contribution in [3.05, 3.63) is 53.9 Å². The zero-order valence-electron chi connectivity index (χ0n) is 12.2. The number of aliphatic hydroxyl groups is 1. The van der Waals surface area contributed by atoms with Gasteiger partial charge in [0.2, 0.25) is 11.8 Å². The van der Waals surface area contributed by atoms with Gasteiger partial charge in [-0.05, 0) is 5.56 Å². The molecule has 1 atom stereocenters. The lowest BCUT2D eigenvalue weighted by atomic mass is 10.2. The predicted molar refractivity (Wildman–Crippen MR) is 85.9 cm³/mol. The fourth-order valence-corrected chi connectivity index (χ4v) is 3.06. The Kier molecular flexibility index (Phi) is 4.94. The van der Waals surface area contributed by atoms with Crippen molar-refractivity contribution in [2.45, 2.75) is 18.4 Å². The van der Waals surface area contributed by atoms with Crippen LogP contribution in [0.15, 0.2) is 40.9 Å². The second kappa shape index (κ2) is 7.30. The fourth-order valence-electron chi connectivity index (χ4n) is 2.07. The van der Waals surface area contributed by atoms with Gasteiger partial charge in [0.25, 0.3) is 5.91 Å². The van der Waals surface area contributed by atoms with Crippen LogP contribution in [-0.2, 0) is 17.8 Å². The van der Waals surface area contributed by atoms with Gasteiger partial charge >= 0.3 is 0 Å². The highest BCUT2D eigenvalue weighted by molar-refractivity contribution is 8.09. The third kappa shape index (κ3) is 3.91. The third-order valence-electron chi connectivity index (χ3n) is 3.19. The lowest BCUT2D eigenvalue weighted by molar-refractivity contribution is -0.120. The number of thioether (sulfide) groups is 1. The first kappa shape index (κ1) is 15.6. The second-order valence-corrected chi connectivity index (χ2v) is 5.97. The van der Waals surface area contributed by atoms with Crippen molar-refractivity contribution in [1.82, 2.24) is 20.8 Å². The van der Waals surface area contributed by atoms with E-state index in [2.05, 4.69) is 20.8 Å². The van der Waals surface area contributed by atoms with Crippen molar-refractivity contribution in [2.24, 2.45) is 0 Å². The number of nitrogens with zero attached hydrogens (tertiary/aromatic N) is 2. The van der Waals surface area contributed by atoms with Crippen molar-refractivity contribution in [3.8, 4) is 0 Å². The van der Waals surface area contributed by atoms with Gasteiger partial charge in [-0.2, -0.15) is 0 Å². The van der Waals surface area contributed by atoms with Crippen LogP contribution in [0.5, 0.6) is 0 Å². The summed E-state index contributed by atoms with van der Waals surface area (Å²) in [6.07, 6.45) is 2.28. The van der Waals surface area contributed by atoms with E-state index in [1.165, 1.54) is 11.8 Å². The quantitative estimate of drug-likeness (QED) is 0.722. The van der Waals surface area contributed by atoms with E-state index in [0.717, 1.165) is 10.5 Å². The van der Waals surface area contributed by atoms with E-state index in [-0.39, 0.29) is 23.8 Å². The molecule has 0 aliphatic carbocycles. The topological polar surface area (TPSA) is 100 Å². The number of hydrogen-bond donors (Lipinski definition) is 3. The summed E-state index contributed by atoms with van der Waals surface area (Å²) < 4.78 is 5.16. The van der Waals surface area contributed by atoms with Gasteiger partial charge in [-0.3, -0.25) is 4.79 Å². The van der Waals surface area contributed by atoms with Crippen molar-refractivity contribution in [1.29, 1.82) is 0 Å². The Morgan fingerprint density at radius 2 is 2.09 bits per heavy atom. The van der Waals surface area contributed by atoms with Crippen molar-refractivity contribution < 1.29 is 14.3 Å². The monoisotopic (exact) mass is 332 g/mol. The lowest BCUT2D eigenvalue weighted by Gasteiger charge is -2.11.